The number of carbonyl (C=O) groups is 1. The average molecular weight is 437 g/mol. The van der Waals surface area contributed by atoms with Gasteiger partial charge in [0.25, 0.3) is 0 Å². The summed E-state index contributed by atoms with van der Waals surface area (Å²) in [4.78, 5) is 12.5. The quantitative estimate of drug-likeness (QED) is 0.611. The first-order valence-corrected chi connectivity index (χ1v) is 10.6. The maximum absolute atomic E-state index is 12.6. The molecule has 0 aliphatic carbocycles. The zero-order chi connectivity index (χ0) is 21.2. The number of amides is 1. The van der Waals surface area contributed by atoms with Crippen molar-refractivity contribution in [2.24, 2.45) is 0 Å². The van der Waals surface area contributed by atoms with E-state index in [4.69, 9.17) is 20.8 Å². The molecule has 0 bridgehead atoms. The number of furan rings is 1. The second kappa shape index (κ2) is 8.44. The zero-order valence-corrected chi connectivity index (χ0v) is 17.8. The zero-order valence-electron chi connectivity index (χ0n) is 16.2. The predicted octanol–water partition coefficient (Wildman–Crippen LogP) is 3.59. The normalized spacial score (nSPS) is 12.9. The van der Waals surface area contributed by atoms with Crippen molar-refractivity contribution in [1.29, 1.82) is 0 Å². The molecule has 1 amide bonds. The number of halogens is 1. The van der Waals surface area contributed by atoms with Crippen LogP contribution in [0.2, 0.25) is 5.02 Å². The first-order valence-electron chi connectivity index (χ1n) is 8.80. The lowest BCUT2D eigenvalue weighted by molar-refractivity contribution is -0.121. The van der Waals surface area contributed by atoms with Crippen LogP contribution in [-0.2, 0) is 14.8 Å². The lowest BCUT2D eigenvalue weighted by Crippen LogP contribution is -2.39. The lowest BCUT2D eigenvalue weighted by atomic mass is 10.2. The van der Waals surface area contributed by atoms with Crippen LogP contribution in [0.25, 0.3) is 11.0 Å². The summed E-state index contributed by atoms with van der Waals surface area (Å²) in [6.45, 7) is 1.43. The molecular weight excluding hydrogens is 416 g/mol. The third kappa shape index (κ3) is 4.55. The minimum Gasteiger partial charge on any atom is -0.493 e. The molecule has 0 saturated heterocycles. The van der Waals surface area contributed by atoms with Gasteiger partial charge in [-0.05, 0) is 43.3 Å². The van der Waals surface area contributed by atoms with E-state index in [1.165, 1.54) is 31.3 Å². The van der Waals surface area contributed by atoms with Crippen molar-refractivity contribution in [2.45, 2.75) is 17.9 Å². The monoisotopic (exact) mass is 436 g/mol. The molecule has 0 spiro atoms. The highest BCUT2D eigenvalue weighted by molar-refractivity contribution is 7.89. The van der Waals surface area contributed by atoms with Gasteiger partial charge < -0.3 is 14.5 Å². The minimum atomic E-state index is -3.81. The third-order valence-electron chi connectivity index (χ3n) is 4.44. The van der Waals surface area contributed by atoms with E-state index < -0.39 is 22.0 Å². The van der Waals surface area contributed by atoms with Crippen LogP contribution in [0.15, 0.2) is 57.8 Å². The number of benzene rings is 2. The van der Waals surface area contributed by atoms with Crippen LogP contribution in [0.3, 0.4) is 0 Å². The third-order valence-corrected chi connectivity index (χ3v) is 6.51. The summed E-state index contributed by atoms with van der Waals surface area (Å²) in [5.41, 5.74) is 0.591. The largest absolute Gasteiger partial charge is 0.493 e. The number of likely N-dealkylation sites (N-methyl/N-ethyl adjacent to an activating group) is 1. The van der Waals surface area contributed by atoms with Gasteiger partial charge in [-0.3, -0.25) is 4.79 Å². The van der Waals surface area contributed by atoms with Crippen molar-refractivity contribution in [2.75, 3.05) is 20.7 Å². The number of rotatable bonds is 7. The SMILES string of the molecule is COc1cccc2cc(C(C)NC(=O)CN(C)S(=O)(=O)c3ccc(Cl)cc3)oc12. The number of nitrogens with one attached hydrogen (secondary N) is 1. The molecule has 1 heterocycles. The molecule has 29 heavy (non-hydrogen) atoms. The first kappa shape index (κ1) is 21.2. The fourth-order valence-electron chi connectivity index (χ4n) is 2.86. The van der Waals surface area contributed by atoms with Gasteiger partial charge in [-0.15, -0.1) is 0 Å². The summed E-state index contributed by atoms with van der Waals surface area (Å²) in [6.07, 6.45) is 0. The molecule has 3 aromatic rings. The van der Waals surface area contributed by atoms with Gasteiger partial charge in [-0.1, -0.05) is 23.7 Å². The number of hydrogen-bond acceptors (Lipinski definition) is 5. The van der Waals surface area contributed by atoms with Gasteiger partial charge in [0.05, 0.1) is 24.6 Å². The van der Waals surface area contributed by atoms with Crippen LogP contribution in [0.4, 0.5) is 0 Å². The molecule has 1 unspecified atom stereocenters. The molecule has 154 valence electrons. The van der Waals surface area contributed by atoms with Crippen LogP contribution in [0.5, 0.6) is 5.75 Å². The van der Waals surface area contributed by atoms with Gasteiger partial charge in [0.2, 0.25) is 15.9 Å². The maximum Gasteiger partial charge on any atom is 0.243 e. The number of para-hydroxylation sites is 1. The van der Waals surface area contributed by atoms with Crippen molar-refractivity contribution in [3.8, 4) is 5.75 Å². The van der Waals surface area contributed by atoms with E-state index in [0.29, 0.717) is 22.1 Å². The van der Waals surface area contributed by atoms with E-state index in [-0.39, 0.29) is 11.4 Å². The van der Waals surface area contributed by atoms with Gasteiger partial charge in [-0.25, -0.2) is 8.42 Å². The van der Waals surface area contributed by atoms with Crippen LogP contribution < -0.4 is 10.1 Å². The molecule has 0 saturated carbocycles. The molecule has 1 atom stereocenters. The molecule has 1 N–H and O–H groups in total. The average Bonchev–Trinajstić information content (AvgIpc) is 3.12. The summed E-state index contributed by atoms with van der Waals surface area (Å²) in [5, 5.41) is 4.04. The summed E-state index contributed by atoms with van der Waals surface area (Å²) in [7, 11) is -0.905. The van der Waals surface area contributed by atoms with Crippen molar-refractivity contribution >= 4 is 38.5 Å². The number of ether oxygens (including phenoxy) is 1. The fraction of sp³-hybridized carbons (Fsp3) is 0.250. The van der Waals surface area contributed by atoms with Crippen molar-refractivity contribution in [3.63, 3.8) is 0 Å². The van der Waals surface area contributed by atoms with Crippen molar-refractivity contribution in [1.82, 2.24) is 9.62 Å². The fourth-order valence-corrected chi connectivity index (χ4v) is 4.12. The number of nitrogens with zero attached hydrogens (tertiary/aromatic N) is 1. The van der Waals surface area contributed by atoms with Gasteiger partial charge in [0.15, 0.2) is 11.3 Å². The van der Waals surface area contributed by atoms with E-state index in [2.05, 4.69) is 5.32 Å². The van der Waals surface area contributed by atoms with E-state index in [1.54, 1.807) is 20.1 Å². The Morgan fingerprint density at radius 3 is 2.59 bits per heavy atom. The summed E-state index contributed by atoms with van der Waals surface area (Å²) in [6, 6.07) is 12.7. The van der Waals surface area contributed by atoms with E-state index in [0.717, 1.165) is 9.69 Å². The summed E-state index contributed by atoms with van der Waals surface area (Å²) < 4.78 is 37.3. The van der Waals surface area contributed by atoms with Crippen molar-refractivity contribution < 1.29 is 22.4 Å². The Balaban J connectivity index is 1.69. The Hall–Kier alpha value is -2.55. The Morgan fingerprint density at radius 1 is 1.24 bits per heavy atom. The summed E-state index contributed by atoms with van der Waals surface area (Å²) in [5.74, 6) is 0.687. The van der Waals surface area contributed by atoms with Crippen molar-refractivity contribution in [3.05, 3.63) is 59.3 Å². The highest BCUT2D eigenvalue weighted by Crippen LogP contribution is 2.30. The molecule has 1 aromatic heterocycles. The van der Waals surface area contributed by atoms with Gasteiger partial charge in [-0.2, -0.15) is 4.31 Å². The van der Waals surface area contributed by atoms with Crippen LogP contribution in [-0.4, -0.2) is 39.3 Å². The molecule has 0 fully saturated rings. The van der Waals surface area contributed by atoms with E-state index in [1.807, 2.05) is 18.2 Å². The Morgan fingerprint density at radius 2 is 1.93 bits per heavy atom. The molecule has 7 nitrogen and oxygen atoms in total. The topological polar surface area (TPSA) is 88.9 Å². The molecule has 0 radical (unpaired) electrons. The highest BCUT2D eigenvalue weighted by atomic mass is 35.5. The molecule has 9 heteroatoms. The number of carbonyl (C=O) groups excluding carboxylic acids is 1. The van der Waals surface area contributed by atoms with E-state index in [9.17, 15) is 13.2 Å². The highest BCUT2D eigenvalue weighted by Gasteiger charge is 2.24. The predicted molar refractivity (Wildman–Crippen MR) is 111 cm³/mol. The molecule has 0 aliphatic heterocycles. The van der Waals surface area contributed by atoms with E-state index >= 15 is 0 Å². The standard InChI is InChI=1S/C20H21ClN2O5S/c1-13(18-11-14-5-4-6-17(27-3)20(14)28-18)22-19(24)12-23(2)29(25,26)16-9-7-15(21)8-10-16/h4-11,13H,12H2,1-3H3,(H,22,24). The van der Waals surface area contributed by atoms with Crippen LogP contribution in [0, 0.1) is 0 Å². The Labute approximate surface area is 174 Å². The van der Waals surface area contributed by atoms with Gasteiger partial charge in [0.1, 0.15) is 5.76 Å². The molecule has 0 aliphatic rings. The number of fused-ring (bicyclic) bond motifs is 1. The van der Waals surface area contributed by atoms with Crippen LogP contribution in [0.1, 0.15) is 18.7 Å². The maximum atomic E-state index is 12.6. The lowest BCUT2D eigenvalue weighted by Gasteiger charge is -2.18. The van der Waals surface area contributed by atoms with Gasteiger partial charge >= 0.3 is 0 Å². The smallest absolute Gasteiger partial charge is 0.243 e. The molecular formula is C20H21ClN2O5S. The minimum absolute atomic E-state index is 0.0645. The summed E-state index contributed by atoms with van der Waals surface area (Å²) >= 11 is 5.80. The number of sulfonamides is 1. The first-order chi connectivity index (χ1) is 13.7. The number of methoxy groups -OCH3 is 1. The van der Waals surface area contributed by atoms with Crippen LogP contribution >= 0.6 is 11.6 Å². The van der Waals surface area contributed by atoms with Gasteiger partial charge in [0, 0.05) is 17.5 Å². The number of hydrogen-bond donors (Lipinski definition) is 1. The molecule has 3 rings (SSSR count). The second-order valence-corrected chi connectivity index (χ2v) is 9.01. The Kier molecular flexibility index (Phi) is 6.16. The molecule has 2 aromatic carbocycles. The second-order valence-electron chi connectivity index (χ2n) is 6.53. The Bertz CT molecular complexity index is 1130.